The van der Waals surface area contributed by atoms with Crippen LogP contribution >= 0.6 is 23.4 Å². The second-order valence-corrected chi connectivity index (χ2v) is 7.18. The lowest BCUT2D eigenvalue weighted by Gasteiger charge is -2.12. The fourth-order valence-corrected chi connectivity index (χ4v) is 4.24. The van der Waals surface area contributed by atoms with Gasteiger partial charge in [0.2, 0.25) is 0 Å². The Morgan fingerprint density at radius 3 is 2.58 bits per heavy atom. The third-order valence-electron chi connectivity index (χ3n) is 4.25. The van der Waals surface area contributed by atoms with Crippen molar-refractivity contribution in [3.63, 3.8) is 0 Å². The molecule has 0 fully saturated rings. The maximum atomic E-state index is 12.7. The van der Waals surface area contributed by atoms with Crippen molar-refractivity contribution in [1.29, 1.82) is 0 Å². The van der Waals surface area contributed by atoms with E-state index in [1.807, 2.05) is 61.5 Å². The molecule has 0 saturated carbocycles. The van der Waals surface area contributed by atoms with Crippen LogP contribution in [0.2, 0.25) is 5.15 Å². The molecule has 0 saturated heterocycles. The molecule has 0 radical (unpaired) electrons. The van der Waals surface area contributed by atoms with E-state index in [0.717, 1.165) is 16.5 Å². The van der Waals surface area contributed by atoms with Gasteiger partial charge >= 0.3 is 0 Å². The zero-order valence-electron chi connectivity index (χ0n) is 14.1. The summed E-state index contributed by atoms with van der Waals surface area (Å²) in [7, 11) is 0. The van der Waals surface area contributed by atoms with E-state index in [-0.39, 0.29) is 5.56 Å². The average Bonchev–Trinajstić information content (AvgIpc) is 2.66. The topological polar surface area (TPSA) is 47.8 Å². The number of rotatable bonds is 4. The number of fused-ring (bicyclic) bond motifs is 2. The molecule has 0 aliphatic rings. The Kier molecular flexibility index (Phi) is 4.66. The molecule has 6 heteroatoms. The highest BCUT2D eigenvalue weighted by atomic mass is 35.5. The third-order valence-corrected chi connectivity index (χ3v) is 5.60. The smallest absolute Gasteiger partial charge is 0.262 e. The standard InChI is InChI=1S/C20H16ClN3OS/c1-2-24-19(25)15-8-4-6-10-17(15)23-20(24)26-12-14-11-13-7-3-5-9-16(13)22-18(14)21/h3-11H,2,12H2,1H3. The molecule has 0 atom stereocenters. The molecule has 0 N–H and O–H groups in total. The largest absolute Gasteiger partial charge is 0.287 e. The molecule has 4 nitrogen and oxygen atoms in total. The van der Waals surface area contributed by atoms with Crippen LogP contribution in [0.3, 0.4) is 0 Å². The SMILES string of the molecule is CCn1c(SCc2cc3ccccc3nc2Cl)nc2ccccc2c1=O. The molecule has 4 rings (SSSR count). The predicted molar refractivity (Wildman–Crippen MR) is 108 cm³/mol. The van der Waals surface area contributed by atoms with Crippen molar-refractivity contribution in [3.8, 4) is 0 Å². The highest BCUT2D eigenvalue weighted by Crippen LogP contribution is 2.27. The molecule has 26 heavy (non-hydrogen) atoms. The Hall–Kier alpha value is -2.37. The summed E-state index contributed by atoms with van der Waals surface area (Å²) in [4.78, 5) is 21.8. The number of nitrogens with zero attached hydrogens (tertiary/aromatic N) is 3. The summed E-state index contributed by atoms with van der Waals surface area (Å²) in [5, 5.41) is 2.87. The van der Waals surface area contributed by atoms with E-state index in [2.05, 4.69) is 9.97 Å². The van der Waals surface area contributed by atoms with Crippen molar-refractivity contribution in [2.24, 2.45) is 0 Å². The second kappa shape index (κ2) is 7.09. The summed E-state index contributed by atoms with van der Waals surface area (Å²) < 4.78 is 1.70. The second-order valence-electron chi connectivity index (χ2n) is 5.88. The van der Waals surface area contributed by atoms with Gasteiger partial charge in [-0.15, -0.1) is 0 Å². The van der Waals surface area contributed by atoms with E-state index < -0.39 is 0 Å². The summed E-state index contributed by atoms with van der Waals surface area (Å²) in [6.45, 7) is 2.52. The van der Waals surface area contributed by atoms with Crippen molar-refractivity contribution in [2.75, 3.05) is 0 Å². The number of hydrogen-bond donors (Lipinski definition) is 0. The molecule has 0 amide bonds. The molecule has 2 aromatic carbocycles. The van der Waals surface area contributed by atoms with Gasteiger partial charge in [-0.1, -0.05) is 53.7 Å². The lowest BCUT2D eigenvalue weighted by molar-refractivity contribution is 0.634. The molecule has 0 spiro atoms. The third kappa shape index (κ3) is 3.08. The Balaban J connectivity index is 1.72. The van der Waals surface area contributed by atoms with E-state index in [4.69, 9.17) is 11.6 Å². The minimum absolute atomic E-state index is 0.0108. The molecule has 2 heterocycles. The van der Waals surface area contributed by atoms with Crippen LogP contribution < -0.4 is 5.56 Å². The Morgan fingerprint density at radius 1 is 1.04 bits per heavy atom. The van der Waals surface area contributed by atoms with Crippen LogP contribution in [0.15, 0.2) is 64.5 Å². The first kappa shape index (κ1) is 17.1. The van der Waals surface area contributed by atoms with Gasteiger partial charge in [0.15, 0.2) is 5.16 Å². The summed E-state index contributed by atoms with van der Waals surface area (Å²) in [6.07, 6.45) is 0. The summed E-state index contributed by atoms with van der Waals surface area (Å²) >= 11 is 7.86. The first-order valence-electron chi connectivity index (χ1n) is 8.34. The number of aromatic nitrogens is 3. The first-order valence-corrected chi connectivity index (χ1v) is 9.70. The zero-order valence-corrected chi connectivity index (χ0v) is 15.7. The molecule has 0 bridgehead atoms. The van der Waals surface area contributed by atoms with Gasteiger partial charge in [-0.25, -0.2) is 9.97 Å². The molecule has 0 aliphatic heterocycles. The maximum absolute atomic E-state index is 12.7. The van der Waals surface area contributed by atoms with E-state index in [1.54, 1.807) is 4.57 Å². The van der Waals surface area contributed by atoms with Crippen LogP contribution in [0.4, 0.5) is 0 Å². The number of pyridine rings is 1. The predicted octanol–water partition coefficient (Wildman–Crippen LogP) is 4.91. The molecule has 4 aromatic rings. The first-order chi connectivity index (χ1) is 12.7. The normalized spacial score (nSPS) is 11.3. The van der Waals surface area contributed by atoms with Crippen LogP contribution in [0, 0.1) is 0 Å². The molecule has 2 aromatic heterocycles. The highest BCUT2D eigenvalue weighted by molar-refractivity contribution is 7.98. The lowest BCUT2D eigenvalue weighted by Crippen LogP contribution is -2.22. The molecule has 0 aliphatic carbocycles. The molecular weight excluding hydrogens is 366 g/mol. The van der Waals surface area contributed by atoms with Crippen LogP contribution in [-0.2, 0) is 12.3 Å². The Labute approximate surface area is 159 Å². The van der Waals surface area contributed by atoms with E-state index in [0.29, 0.717) is 33.5 Å². The number of hydrogen-bond acceptors (Lipinski definition) is 4. The fourth-order valence-electron chi connectivity index (χ4n) is 2.92. The van der Waals surface area contributed by atoms with Crippen molar-refractivity contribution < 1.29 is 0 Å². The van der Waals surface area contributed by atoms with Crippen molar-refractivity contribution in [3.05, 3.63) is 75.7 Å². The Morgan fingerprint density at radius 2 is 1.77 bits per heavy atom. The number of thioether (sulfide) groups is 1. The fraction of sp³-hybridized carbons (Fsp3) is 0.150. The quantitative estimate of drug-likeness (QED) is 0.286. The van der Waals surface area contributed by atoms with Crippen LogP contribution in [0.25, 0.3) is 21.8 Å². The monoisotopic (exact) mass is 381 g/mol. The minimum atomic E-state index is -0.0108. The van der Waals surface area contributed by atoms with Gasteiger partial charge in [0.1, 0.15) is 5.15 Å². The van der Waals surface area contributed by atoms with Gasteiger partial charge in [0.25, 0.3) is 5.56 Å². The van der Waals surface area contributed by atoms with Gasteiger partial charge in [-0.2, -0.15) is 0 Å². The maximum Gasteiger partial charge on any atom is 0.262 e. The minimum Gasteiger partial charge on any atom is -0.287 e. The summed E-state index contributed by atoms with van der Waals surface area (Å²) in [6, 6.07) is 17.4. The molecular formula is C20H16ClN3OS. The van der Waals surface area contributed by atoms with Gasteiger partial charge in [0.05, 0.1) is 16.4 Å². The Bertz CT molecular complexity index is 1170. The van der Waals surface area contributed by atoms with E-state index in [1.165, 1.54) is 11.8 Å². The summed E-state index contributed by atoms with van der Waals surface area (Å²) in [5.41, 5.74) is 2.51. The van der Waals surface area contributed by atoms with Crippen LogP contribution in [0.1, 0.15) is 12.5 Å². The number of benzene rings is 2. The molecule has 130 valence electrons. The van der Waals surface area contributed by atoms with Gasteiger partial charge in [-0.3, -0.25) is 9.36 Å². The van der Waals surface area contributed by atoms with Crippen molar-refractivity contribution in [2.45, 2.75) is 24.4 Å². The van der Waals surface area contributed by atoms with E-state index in [9.17, 15) is 4.79 Å². The van der Waals surface area contributed by atoms with Crippen molar-refractivity contribution in [1.82, 2.24) is 14.5 Å². The van der Waals surface area contributed by atoms with Crippen LogP contribution in [0.5, 0.6) is 0 Å². The van der Waals surface area contributed by atoms with Crippen molar-refractivity contribution >= 4 is 45.2 Å². The summed E-state index contributed by atoms with van der Waals surface area (Å²) in [5.74, 6) is 0.599. The molecule has 0 unspecified atom stereocenters. The van der Waals surface area contributed by atoms with Gasteiger partial charge in [-0.05, 0) is 31.2 Å². The average molecular weight is 382 g/mol. The number of halogens is 1. The van der Waals surface area contributed by atoms with Gasteiger partial charge < -0.3 is 0 Å². The van der Waals surface area contributed by atoms with Gasteiger partial charge in [0, 0.05) is 23.2 Å². The lowest BCUT2D eigenvalue weighted by atomic mass is 10.2. The highest BCUT2D eigenvalue weighted by Gasteiger charge is 2.12. The zero-order chi connectivity index (χ0) is 18.1. The van der Waals surface area contributed by atoms with E-state index >= 15 is 0 Å². The van der Waals surface area contributed by atoms with Crippen LogP contribution in [-0.4, -0.2) is 14.5 Å². The number of para-hydroxylation sites is 2.